The van der Waals surface area contributed by atoms with Gasteiger partial charge < -0.3 is 4.98 Å². The number of halogens is 1. The second kappa shape index (κ2) is 3.61. The molecule has 16 heavy (non-hydrogen) atoms. The zero-order chi connectivity index (χ0) is 11.1. The summed E-state index contributed by atoms with van der Waals surface area (Å²) in [6, 6.07) is 7.63. The highest BCUT2D eigenvalue weighted by Gasteiger charge is 2.09. The van der Waals surface area contributed by atoms with Gasteiger partial charge in [0.05, 0.1) is 16.1 Å². The first kappa shape index (κ1) is 9.87. The van der Waals surface area contributed by atoms with Crippen LogP contribution in [0.15, 0.2) is 34.4 Å². The molecule has 2 heterocycles. The number of benzene rings is 1. The molecule has 2 nitrogen and oxygen atoms in total. The van der Waals surface area contributed by atoms with Gasteiger partial charge in [0.15, 0.2) is 0 Å². The van der Waals surface area contributed by atoms with Crippen LogP contribution in [0, 0.1) is 0 Å². The minimum Gasteiger partial charge on any atom is -0.320 e. The lowest BCUT2D eigenvalue weighted by molar-refractivity contribution is 1.32. The number of hydrogen-bond donors (Lipinski definition) is 1. The van der Waals surface area contributed by atoms with E-state index in [1.807, 2.05) is 29.6 Å². The summed E-state index contributed by atoms with van der Waals surface area (Å²) in [5, 5.41) is 3.74. The van der Waals surface area contributed by atoms with Gasteiger partial charge in [-0.3, -0.25) is 4.79 Å². The van der Waals surface area contributed by atoms with E-state index in [2.05, 4.69) is 4.98 Å². The largest absolute Gasteiger partial charge is 0.320 e. The van der Waals surface area contributed by atoms with Crippen molar-refractivity contribution in [2.24, 2.45) is 0 Å². The number of hydrogen-bond acceptors (Lipinski definition) is 2. The van der Waals surface area contributed by atoms with E-state index in [1.54, 1.807) is 11.3 Å². The third-order valence-electron chi connectivity index (χ3n) is 2.67. The molecular formula is C12H8ClNOS. The SMILES string of the molecule is O=c1[nH]c2c(CCl)csc2c2ccccc12. The van der Waals surface area contributed by atoms with E-state index >= 15 is 0 Å². The first-order chi connectivity index (χ1) is 7.81. The molecule has 0 aliphatic carbocycles. The Hall–Kier alpha value is -1.32. The fraction of sp³-hybridized carbons (Fsp3) is 0.0833. The monoisotopic (exact) mass is 249 g/mol. The van der Waals surface area contributed by atoms with E-state index in [0.717, 1.165) is 26.6 Å². The molecule has 80 valence electrons. The number of nitrogens with one attached hydrogen (secondary N) is 1. The second-order valence-corrected chi connectivity index (χ2v) is 4.75. The molecule has 0 spiro atoms. The zero-order valence-corrected chi connectivity index (χ0v) is 9.86. The van der Waals surface area contributed by atoms with Gasteiger partial charge in [0.1, 0.15) is 0 Å². The van der Waals surface area contributed by atoms with E-state index in [0.29, 0.717) is 5.88 Å². The van der Waals surface area contributed by atoms with Crippen molar-refractivity contribution in [1.29, 1.82) is 0 Å². The Morgan fingerprint density at radius 2 is 2.00 bits per heavy atom. The highest BCUT2D eigenvalue weighted by molar-refractivity contribution is 7.18. The summed E-state index contributed by atoms with van der Waals surface area (Å²) in [6.07, 6.45) is 0. The highest BCUT2D eigenvalue weighted by Crippen LogP contribution is 2.30. The van der Waals surface area contributed by atoms with Crippen molar-refractivity contribution in [3.05, 3.63) is 45.6 Å². The van der Waals surface area contributed by atoms with Crippen LogP contribution in [-0.2, 0) is 5.88 Å². The minimum absolute atomic E-state index is 0.0483. The van der Waals surface area contributed by atoms with Crippen LogP contribution in [-0.4, -0.2) is 4.98 Å². The second-order valence-electron chi connectivity index (χ2n) is 3.60. The maximum absolute atomic E-state index is 11.9. The standard InChI is InChI=1S/C12H8ClNOS/c13-5-7-6-16-11-8-3-1-2-4-9(8)12(15)14-10(7)11/h1-4,6H,5H2,(H,14,15). The van der Waals surface area contributed by atoms with Crippen molar-refractivity contribution < 1.29 is 0 Å². The number of alkyl halides is 1. The van der Waals surface area contributed by atoms with Gasteiger partial charge in [0.2, 0.25) is 0 Å². The van der Waals surface area contributed by atoms with Crippen LogP contribution in [0.25, 0.3) is 21.0 Å². The number of rotatable bonds is 1. The number of thiophene rings is 1. The van der Waals surface area contributed by atoms with Crippen molar-refractivity contribution in [2.75, 3.05) is 0 Å². The third kappa shape index (κ3) is 1.29. The molecule has 0 fully saturated rings. The van der Waals surface area contributed by atoms with Crippen LogP contribution < -0.4 is 5.56 Å². The van der Waals surface area contributed by atoms with Gasteiger partial charge >= 0.3 is 0 Å². The molecule has 1 N–H and O–H groups in total. The maximum Gasteiger partial charge on any atom is 0.256 e. The Morgan fingerprint density at radius 3 is 2.75 bits per heavy atom. The molecule has 0 atom stereocenters. The predicted octanol–water partition coefficient (Wildman–Crippen LogP) is 3.48. The van der Waals surface area contributed by atoms with E-state index in [1.165, 1.54) is 0 Å². The molecule has 0 amide bonds. The molecule has 0 bridgehead atoms. The Bertz CT molecular complexity index is 729. The molecule has 0 unspecified atom stereocenters. The van der Waals surface area contributed by atoms with Gasteiger partial charge in [-0.05, 0) is 11.4 Å². The van der Waals surface area contributed by atoms with E-state index in [9.17, 15) is 4.79 Å². The zero-order valence-electron chi connectivity index (χ0n) is 8.29. The molecule has 1 aromatic carbocycles. The lowest BCUT2D eigenvalue weighted by atomic mass is 10.1. The van der Waals surface area contributed by atoms with E-state index in [-0.39, 0.29) is 5.56 Å². The molecule has 2 aromatic heterocycles. The summed E-state index contributed by atoms with van der Waals surface area (Å²) in [5.74, 6) is 0.425. The summed E-state index contributed by atoms with van der Waals surface area (Å²) >= 11 is 7.46. The summed E-state index contributed by atoms with van der Waals surface area (Å²) < 4.78 is 1.10. The van der Waals surface area contributed by atoms with Crippen LogP contribution in [0.2, 0.25) is 0 Å². The Morgan fingerprint density at radius 1 is 1.25 bits per heavy atom. The van der Waals surface area contributed by atoms with Gasteiger partial charge in [-0.2, -0.15) is 0 Å². The lowest BCUT2D eigenvalue weighted by Crippen LogP contribution is -2.05. The molecular weight excluding hydrogens is 242 g/mol. The van der Waals surface area contributed by atoms with Gasteiger partial charge in [-0.25, -0.2) is 0 Å². The fourth-order valence-corrected chi connectivity index (χ4v) is 3.26. The van der Waals surface area contributed by atoms with Crippen molar-refractivity contribution >= 4 is 43.9 Å². The van der Waals surface area contributed by atoms with Crippen LogP contribution in [0.5, 0.6) is 0 Å². The predicted molar refractivity (Wildman–Crippen MR) is 69.5 cm³/mol. The molecule has 0 radical (unpaired) electrons. The van der Waals surface area contributed by atoms with Crippen molar-refractivity contribution in [3.63, 3.8) is 0 Å². The average Bonchev–Trinajstić information content (AvgIpc) is 2.72. The average molecular weight is 250 g/mol. The quantitative estimate of drug-likeness (QED) is 0.658. The third-order valence-corrected chi connectivity index (χ3v) is 4.02. The van der Waals surface area contributed by atoms with Crippen molar-refractivity contribution in [3.8, 4) is 0 Å². The lowest BCUT2D eigenvalue weighted by Gasteiger charge is -1.99. The summed E-state index contributed by atoms with van der Waals surface area (Å²) in [6.45, 7) is 0. The summed E-state index contributed by atoms with van der Waals surface area (Å²) in [4.78, 5) is 14.8. The van der Waals surface area contributed by atoms with Gasteiger partial charge in [-0.15, -0.1) is 22.9 Å². The van der Waals surface area contributed by atoms with Gasteiger partial charge in [0.25, 0.3) is 5.56 Å². The molecule has 3 rings (SSSR count). The first-order valence-electron chi connectivity index (χ1n) is 4.88. The minimum atomic E-state index is -0.0483. The first-order valence-corrected chi connectivity index (χ1v) is 6.29. The number of aromatic amines is 1. The summed E-state index contributed by atoms with van der Waals surface area (Å²) in [7, 11) is 0. The van der Waals surface area contributed by atoms with Gasteiger partial charge in [0, 0.05) is 16.3 Å². The highest BCUT2D eigenvalue weighted by atomic mass is 35.5. The van der Waals surface area contributed by atoms with Gasteiger partial charge in [-0.1, -0.05) is 18.2 Å². The number of H-pyrrole nitrogens is 1. The van der Waals surface area contributed by atoms with E-state index < -0.39 is 0 Å². The number of aromatic nitrogens is 1. The van der Waals surface area contributed by atoms with Crippen LogP contribution in [0.4, 0.5) is 0 Å². The molecule has 0 saturated carbocycles. The van der Waals surface area contributed by atoms with Crippen LogP contribution in [0.3, 0.4) is 0 Å². The molecule has 0 saturated heterocycles. The van der Waals surface area contributed by atoms with Crippen LogP contribution in [0.1, 0.15) is 5.56 Å². The van der Waals surface area contributed by atoms with Crippen LogP contribution >= 0.6 is 22.9 Å². The molecule has 0 aliphatic rings. The molecule has 4 heteroatoms. The Balaban J connectivity index is 2.60. The maximum atomic E-state index is 11.9. The van der Waals surface area contributed by atoms with Crippen molar-refractivity contribution in [2.45, 2.75) is 5.88 Å². The summed E-state index contributed by atoms with van der Waals surface area (Å²) in [5.41, 5.74) is 1.82. The number of fused-ring (bicyclic) bond motifs is 3. The topological polar surface area (TPSA) is 32.9 Å². The normalized spacial score (nSPS) is 11.3. The number of pyridine rings is 1. The van der Waals surface area contributed by atoms with Crippen molar-refractivity contribution in [1.82, 2.24) is 4.98 Å². The fourth-order valence-electron chi connectivity index (χ4n) is 1.89. The van der Waals surface area contributed by atoms with E-state index in [4.69, 9.17) is 11.6 Å². The smallest absolute Gasteiger partial charge is 0.256 e. The Labute approximate surface area is 100 Å². The Kier molecular flexibility index (Phi) is 2.23. The molecule has 0 aliphatic heterocycles. The molecule has 3 aromatic rings.